The Bertz CT molecular complexity index is 845. The van der Waals surface area contributed by atoms with Gasteiger partial charge in [0.2, 0.25) is 0 Å². The van der Waals surface area contributed by atoms with Crippen molar-refractivity contribution in [1.29, 1.82) is 0 Å². The third-order valence-corrected chi connectivity index (χ3v) is 4.45. The summed E-state index contributed by atoms with van der Waals surface area (Å²) in [6.45, 7) is 3.17. The number of halogens is 3. The molecule has 0 aliphatic carbocycles. The molecule has 0 amide bonds. The highest BCUT2D eigenvalue weighted by molar-refractivity contribution is 5.54. The van der Waals surface area contributed by atoms with Crippen molar-refractivity contribution in [2.75, 3.05) is 0 Å². The van der Waals surface area contributed by atoms with Gasteiger partial charge in [-0.2, -0.15) is 13.2 Å². The van der Waals surface area contributed by atoms with Gasteiger partial charge in [-0.15, -0.1) is 0 Å². The highest BCUT2D eigenvalue weighted by atomic mass is 19.4. The number of aromatic hydroxyl groups is 1. The Morgan fingerprint density at radius 2 is 1.44 bits per heavy atom. The predicted molar refractivity (Wildman–Crippen MR) is 88.7 cm³/mol. The lowest BCUT2D eigenvalue weighted by Crippen LogP contribution is -2.44. The summed E-state index contributed by atoms with van der Waals surface area (Å²) in [5.41, 5.74) is -1.63. The Balaban J connectivity index is 2.45. The van der Waals surface area contributed by atoms with Gasteiger partial charge in [0.15, 0.2) is 5.41 Å². The third-order valence-electron chi connectivity index (χ3n) is 4.45. The van der Waals surface area contributed by atoms with Crippen LogP contribution in [0.1, 0.15) is 28.0 Å². The maximum absolute atomic E-state index is 14.6. The first-order valence-electron chi connectivity index (χ1n) is 7.75. The highest BCUT2D eigenvalue weighted by Crippen LogP contribution is 2.52. The first kappa shape index (κ1) is 17.1. The van der Waals surface area contributed by atoms with Crippen LogP contribution in [0.3, 0.4) is 0 Å². The van der Waals surface area contributed by atoms with Gasteiger partial charge in [0, 0.05) is 0 Å². The van der Waals surface area contributed by atoms with Gasteiger partial charge in [0.1, 0.15) is 11.5 Å². The van der Waals surface area contributed by atoms with E-state index >= 15 is 0 Å². The number of rotatable bonds is 3. The van der Waals surface area contributed by atoms with Crippen LogP contribution in [-0.4, -0.2) is 11.3 Å². The summed E-state index contributed by atoms with van der Waals surface area (Å²) >= 11 is 0. The zero-order chi connectivity index (χ0) is 18.2. The number of hydrogen-bond donors (Lipinski definition) is 1. The zero-order valence-corrected chi connectivity index (χ0v) is 13.8. The quantitative estimate of drug-likeness (QED) is 0.679. The van der Waals surface area contributed by atoms with Crippen molar-refractivity contribution in [3.63, 3.8) is 0 Å². The van der Waals surface area contributed by atoms with E-state index in [-0.39, 0.29) is 22.6 Å². The molecular formula is C20H17F3O2. The summed E-state index contributed by atoms with van der Waals surface area (Å²) in [6, 6.07) is 13.2. The lowest BCUT2D eigenvalue weighted by molar-refractivity contribution is -0.170. The van der Waals surface area contributed by atoms with Gasteiger partial charge in [-0.25, -0.2) is 0 Å². The summed E-state index contributed by atoms with van der Waals surface area (Å²) < 4.78 is 48.9. The van der Waals surface area contributed by atoms with Gasteiger partial charge in [-0.3, -0.25) is 0 Å². The van der Waals surface area contributed by atoms with Crippen LogP contribution >= 0.6 is 0 Å². The minimum atomic E-state index is -4.65. The van der Waals surface area contributed by atoms with Gasteiger partial charge in [-0.05, 0) is 48.2 Å². The number of benzene rings is 2. The van der Waals surface area contributed by atoms with Crippen molar-refractivity contribution in [3.8, 4) is 5.75 Å². The maximum atomic E-state index is 14.6. The molecule has 0 aliphatic heterocycles. The molecule has 2 nitrogen and oxygen atoms in total. The smallest absolute Gasteiger partial charge is 0.409 e. The first-order chi connectivity index (χ1) is 11.8. The van der Waals surface area contributed by atoms with Gasteiger partial charge >= 0.3 is 6.18 Å². The van der Waals surface area contributed by atoms with E-state index in [1.807, 2.05) is 0 Å². The van der Waals surface area contributed by atoms with E-state index in [1.165, 1.54) is 42.7 Å². The van der Waals surface area contributed by atoms with E-state index in [0.717, 1.165) is 0 Å². The number of aryl methyl sites for hydroxylation is 2. The van der Waals surface area contributed by atoms with Crippen molar-refractivity contribution >= 4 is 0 Å². The molecule has 0 aliphatic rings. The molecule has 1 N–H and O–H groups in total. The molecule has 0 saturated heterocycles. The second kappa shape index (κ2) is 5.99. The Hall–Kier alpha value is -2.69. The molecule has 2 aromatic carbocycles. The van der Waals surface area contributed by atoms with Crippen LogP contribution in [0.5, 0.6) is 5.75 Å². The number of furan rings is 1. The standard InChI is InChI=1S/C20H17F3O2/c1-13-11-16(12-14(2)18(13)24)19(20(21,22)23,17-9-6-10-25-17)15-7-4-3-5-8-15/h3-12,24H,1-2H3. The van der Waals surface area contributed by atoms with Crippen LogP contribution in [0.25, 0.3) is 0 Å². The second-order valence-corrected chi connectivity index (χ2v) is 6.05. The normalized spacial score (nSPS) is 14.3. The Morgan fingerprint density at radius 1 is 0.840 bits per heavy atom. The van der Waals surface area contributed by atoms with Gasteiger partial charge in [0.25, 0.3) is 0 Å². The molecule has 25 heavy (non-hydrogen) atoms. The number of alkyl halides is 3. The zero-order valence-electron chi connectivity index (χ0n) is 13.8. The van der Waals surface area contributed by atoms with Crippen molar-refractivity contribution < 1.29 is 22.7 Å². The number of phenolic OH excluding ortho intramolecular Hbond substituents is 1. The lowest BCUT2D eigenvalue weighted by Gasteiger charge is -2.35. The summed E-state index contributed by atoms with van der Waals surface area (Å²) in [6.07, 6.45) is -3.42. The van der Waals surface area contributed by atoms with Gasteiger partial charge in [-0.1, -0.05) is 42.5 Å². The van der Waals surface area contributed by atoms with Gasteiger partial charge in [0.05, 0.1) is 6.26 Å². The molecule has 0 saturated carbocycles. The van der Waals surface area contributed by atoms with E-state index in [2.05, 4.69) is 0 Å². The molecule has 130 valence electrons. The molecule has 0 radical (unpaired) electrons. The van der Waals surface area contributed by atoms with Crippen LogP contribution < -0.4 is 0 Å². The first-order valence-corrected chi connectivity index (χ1v) is 7.75. The third kappa shape index (κ3) is 2.60. The SMILES string of the molecule is Cc1cc(C(c2ccccc2)(c2ccco2)C(F)(F)F)cc(C)c1O. The molecule has 0 bridgehead atoms. The Morgan fingerprint density at radius 3 is 1.92 bits per heavy atom. The van der Waals surface area contributed by atoms with Crippen molar-refractivity contribution in [2.45, 2.75) is 25.4 Å². The Kier molecular flexibility index (Phi) is 4.11. The van der Waals surface area contributed by atoms with Crippen LogP contribution in [-0.2, 0) is 5.41 Å². The minimum absolute atomic E-state index is 0.00710. The average Bonchev–Trinajstić information content (AvgIpc) is 3.07. The van der Waals surface area contributed by atoms with Crippen LogP contribution in [0.4, 0.5) is 13.2 Å². The molecule has 3 rings (SSSR count). The summed E-state index contributed by atoms with van der Waals surface area (Å²) in [5, 5.41) is 10.00. The van der Waals surface area contributed by atoms with Crippen LogP contribution in [0, 0.1) is 13.8 Å². The highest BCUT2D eigenvalue weighted by Gasteiger charge is 2.60. The molecule has 1 atom stereocenters. The molecule has 1 heterocycles. The van der Waals surface area contributed by atoms with Crippen molar-refractivity contribution in [3.05, 3.63) is 88.9 Å². The number of hydrogen-bond acceptors (Lipinski definition) is 2. The van der Waals surface area contributed by atoms with E-state index in [9.17, 15) is 18.3 Å². The van der Waals surface area contributed by atoms with Crippen LogP contribution in [0.15, 0.2) is 65.3 Å². The monoisotopic (exact) mass is 346 g/mol. The van der Waals surface area contributed by atoms with Crippen LogP contribution in [0.2, 0.25) is 0 Å². The van der Waals surface area contributed by atoms with Gasteiger partial charge < -0.3 is 9.52 Å². The lowest BCUT2D eigenvalue weighted by atomic mass is 9.71. The largest absolute Gasteiger partial charge is 0.507 e. The molecule has 1 unspecified atom stereocenters. The number of phenols is 1. The average molecular weight is 346 g/mol. The second-order valence-electron chi connectivity index (χ2n) is 6.05. The molecule has 5 heteroatoms. The molecule has 0 fully saturated rings. The summed E-state index contributed by atoms with van der Waals surface area (Å²) in [7, 11) is 0. The minimum Gasteiger partial charge on any atom is -0.507 e. The fourth-order valence-electron chi connectivity index (χ4n) is 3.27. The van der Waals surface area contributed by atoms with Crippen molar-refractivity contribution in [2.24, 2.45) is 0 Å². The molecule has 1 aromatic heterocycles. The summed E-state index contributed by atoms with van der Waals surface area (Å²) in [4.78, 5) is 0. The fourth-order valence-corrected chi connectivity index (χ4v) is 3.27. The van der Waals surface area contributed by atoms with E-state index < -0.39 is 11.6 Å². The fraction of sp³-hybridized carbons (Fsp3) is 0.200. The predicted octanol–water partition coefficient (Wildman–Crippen LogP) is 5.50. The van der Waals surface area contributed by atoms with Crippen molar-refractivity contribution in [1.82, 2.24) is 0 Å². The molecule has 3 aromatic rings. The topological polar surface area (TPSA) is 33.4 Å². The summed E-state index contributed by atoms with van der Waals surface area (Å²) in [5.74, 6) is -0.219. The van der Waals surface area contributed by atoms with E-state index in [1.54, 1.807) is 32.0 Å². The molecule has 0 spiro atoms. The van der Waals surface area contributed by atoms with E-state index in [4.69, 9.17) is 4.42 Å². The Labute approximate surface area is 143 Å². The maximum Gasteiger partial charge on any atom is 0.409 e. The van der Waals surface area contributed by atoms with E-state index in [0.29, 0.717) is 11.1 Å². The molecular weight excluding hydrogens is 329 g/mol.